The van der Waals surface area contributed by atoms with E-state index < -0.39 is 0 Å². The first-order valence-electron chi connectivity index (χ1n) is 6.82. The van der Waals surface area contributed by atoms with Crippen LogP contribution in [0.5, 0.6) is 0 Å². The van der Waals surface area contributed by atoms with Crippen molar-refractivity contribution in [1.29, 1.82) is 0 Å². The minimum absolute atomic E-state index is 0. The Bertz CT molecular complexity index is 223. The molecule has 1 heterocycles. The second kappa shape index (κ2) is 7.93. The Morgan fingerprint density at radius 2 is 1.71 bits per heavy atom. The summed E-state index contributed by atoms with van der Waals surface area (Å²) in [7, 11) is 0. The van der Waals surface area contributed by atoms with Gasteiger partial charge in [0.25, 0.3) is 0 Å². The van der Waals surface area contributed by atoms with Gasteiger partial charge >= 0.3 is 0 Å². The van der Waals surface area contributed by atoms with E-state index in [9.17, 15) is 4.79 Å². The SMILES string of the molecule is Cl.O=C(CC1CCNCC1)NCC1CCCC1. The maximum absolute atomic E-state index is 11.7. The molecule has 0 unspecified atom stereocenters. The summed E-state index contributed by atoms with van der Waals surface area (Å²) >= 11 is 0. The number of nitrogens with one attached hydrogen (secondary N) is 2. The number of hydrogen-bond acceptors (Lipinski definition) is 2. The van der Waals surface area contributed by atoms with E-state index in [2.05, 4.69) is 10.6 Å². The standard InChI is InChI=1S/C13H24N2O.ClH/c16-13(9-11-5-7-14-8-6-11)15-10-12-3-1-2-4-12;/h11-12,14H,1-10H2,(H,15,16);1H. The second-order valence-corrected chi connectivity index (χ2v) is 5.35. The van der Waals surface area contributed by atoms with E-state index in [1.807, 2.05) is 0 Å². The molecule has 0 aromatic heterocycles. The molecule has 1 aliphatic carbocycles. The zero-order valence-electron chi connectivity index (χ0n) is 10.5. The van der Waals surface area contributed by atoms with Gasteiger partial charge in [-0.3, -0.25) is 4.79 Å². The van der Waals surface area contributed by atoms with Gasteiger partial charge in [-0.05, 0) is 50.6 Å². The molecule has 0 radical (unpaired) electrons. The average Bonchev–Trinajstić information content (AvgIpc) is 2.81. The summed E-state index contributed by atoms with van der Waals surface area (Å²) < 4.78 is 0. The maximum Gasteiger partial charge on any atom is 0.220 e. The molecular weight excluding hydrogens is 236 g/mol. The largest absolute Gasteiger partial charge is 0.356 e. The Morgan fingerprint density at radius 1 is 1.06 bits per heavy atom. The zero-order chi connectivity index (χ0) is 11.2. The molecule has 0 aromatic carbocycles. The van der Waals surface area contributed by atoms with Gasteiger partial charge in [0.1, 0.15) is 0 Å². The summed E-state index contributed by atoms with van der Waals surface area (Å²) in [5, 5.41) is 6.45. The number of carbonyl (C=O) groups is 1. The smallest absolute Gasteiger partial charge is 0.220 e. The number of amides is 1. The Balaban J connectivity index is 0.00000144. The summed E-state index contributed by atoms with van der Waals surface area (Å²) in [4.78, 5) is 11.7. The molecule has 0 aromatic rings. The predicted molar refractivity (Wildman–Crippen MR) is 72.4 cm³/mol. The summed E-state index contributed by atoms with van der Waals surface area (Å²) in [6, 6.07) is 0. The lowest BCUT2D eigenvalue weighted by Crippen LogP contribution is -2.33. The highest BCUT2D eigenvalue weighted by atomic mass is 35.5. The molecule has 0 spiro atoms. The van der Waals surface area contributed by atoms with Crippen LogP contribution in [0, 0.1) is 11.8 Å². The van der Waals surface area contributed by atoms with Crippen molar-refractivity contribution in [3.05, 3.63) is 0 Å². The molecule has 1 amide bonds. The fourth-order valence-corrected chi connectivity index (χ4v) is 2.89. The Labute approximate surface area is 111 Å². The van der Waals surface area contributed by atoms with E-state index in [4.69, 9.17) is 0 Å². The highest BCUT2D eigenvalue weighted by molar-refractivity contribution is 5.85. The minimum atomic E-state index is 0. The van der Waals surface area contributed by atoms with Gasteiger partial charge in [0.2, 0.25) is 5.91 Å². The summed E-state index contributed by atoms with van der Waals surface area (Å²) in [6.45, 7) is 3.09. The Morgan fingerprint density at radius 3 is 2.35 bits per heavy atom. The topological polar surface area (TPSA) is 41.1 Å². The molecule has 0 bridgehead atoms. The second-order valence-electron chi connectivity index (χ2n) is 5.35. The van der Waals surface area contributed by atoms with Crippen LogP contribution < -0.4 is 10.6 Å². The minimum Gasteiger partial charge on any atom is -0.356 e. The van der Waals surface area contributed by atoms with Crippen LogP contribution in [-0.2, 0) is 4.79 Å². The third-order valence-corrected chi connectivity index (χ3v) is 4.00. The van der Waals surface area contributed by atoms with Gasteiger partial charge in [-0.2, -0.15) is 0 Å². The van der Waals surface area contributed by atoms with E-state index in [0.29, 0.717) is 5.92 Å². The van der Waals surface area contributed by atoms with Crippen LogP contribution in [0.15, 0.2) is 0 Å². The van der Waals surface area contributed by atoms with Crippen molar-refractivity contribution in [2.45, 2.75) is 44.9 Å². The molecule has 1 aliphatic heterocycles. The van der Waals surface area contributed by atoms with Crippen LogP contribution in [-0.4, -0.2) is 25.5 Å². The van der Waals surface area contributed by atoms with Crippen molar-refractivity contribution >= 4 is 18.3 Å². The molecule has 2 aliphatic rings. The number of halogens is 1. The number of rotatable bonds is 4. The van der Waals surface area contributed by atoms with Crippen LogP contribution in [0.4, 0.5) is 0 Å². The average molecular weight is 261 g/mol. The molecule has 2 N–H and O–H groups in total. The van der Waals surface area contributed by atoms with Crippen molar-refractivity contribution in [2.24, 2.45) is 11.8 Å². The summed E-state index contributed by atoms with van der Waals surface area (Å²) in [6.07, 6.45) is 8.41. The van der Waals surface area contributed by atoms with Crippen molar-refractivity contribution < 1.29 is 4.79 Å². The van der Waals surface area contributed by atoms with Crippen molar-refractivity contribution in [3.8, 4) is 0 Å². The number of piperidine rings is 1. The van der Waals surface area contributed by atoms with Crippen LogP contribution in [0.1, 0.15) is 44.9 Å². The third kappa shape index (κ3) is 5.26. The van der Waals surface area contributed by atoms with Gasteiger partial charge in [-0.25, -0.2) is 0 Å². The lowest BCUT2D eigenvalue weighted by atomic mass is 9.94. The normalized spacial score (nSPS) is 22.1. The number of hydrogen-bond donors (Lipinski definition) is 2. The lowest BCUT2D eigenvalue weighted by molar-refractivity contribution is -0.122. The highest BCUT2D eigenvalue weighted by Crippen LogP contribution is 2.23. The van der Waals surface area contributed by atoms with Gasteiger partial charge in [0, 0.05) is 13.0 Å². The van der Waals surface area contributed by atoms with Crippen LogP contribution in [0.3, 0.4) is 0 Å². The fraction of sp³-hybridized carbons (Fsp3) is 0.923. The number of carbonyl (C=O) groups excluding carboxylic acids is 1. The van der Waals surface area contributed by atoms with Crippen molar-refractivity contribution in [2.75, 3.05) is 19.6 Å². The van der Waals surface area contributed by atoms with Gasteiger partial charge in [0.15, 0.2) is 0 Å². The van der Waals surface area contributed by atoms with Crippen molar-refractivity contribution in [3.63, 3.8) is 0 Å². The van der Waals surface area contributed by atoms with Crippen molar-refractivity contribution in [1.82, 2.24) is 10.6 Å². The van der Waals surface area contributed by atoms with E-state index >= 15 is 0 Å². The summed E-state index contributed by atoms with van der Waals surface area (Å²) in [5.74, 6) is 1.65. The molecule has 17 heavy (non-hydrogen) atoms. The zero-order valence-corrected chi connectivity index (χ0v) is 11.4. The van der Waals surface area contributed by atoms with Crippen LogP contribution in [0.25, 0.3) is 0 Å². The van der Waals surface area contributed by atoms with Gasteiger partial charge < -0.3 is 10.6 Å². The van der Waals surface area contributed by atoms with Gasteiger partial charge in [-0.1, -0.05) is 12.8 Å². The molecule has 4 heteroatoms. The molecule has 100 valence electrons. The van der Waals surface area contributed by atoms with Crippen LogP contribution >= 0.6 is 12.4 Å². The molecule has 0 atom stereocenters. The monoisotopic (exact) mass is 260 g/mol. The molecule has 1 saturated heterocycles. The van der Waals surface area contributed by atoms with Gasteiger partial charge in [-0.15, -0.1) is 12.4 Å². The predicted octanol–water partition coefficient (Wildman–Crippen LogP) is 2.10. The van der Waals surface area contributed by atoms with Gasteiger partial charge in [0.05, 0.1) is 0 Å². The van der Waals surface area contributed by atoms with E-state index in [0.717, 1.165) is 44.8 Å². The van der Waals surface area contributed by atoms with E-state index in [-0.39, 0.29) is 18.3 Å². The summed E-state index contributed by atoms with van der Waals surface area (Å²) in [5.41, 5.74) is 0. The molecule has 2 fully saturated rings. The van der Waals surface area contributed by atoms with E-state index in [1.54, 1.807) is 0 Å². The Kier molecular flexibility index (Phi) is 6.90. The first-order valence-corrected chi connectivity index (χ1v) is 6.82. The lowest BCUT2D eigenvalue weighted by Gasteiger charge is -2.22. The first-order chi connectivity index (χ1) is 7.84. The molecule has 1 saturated carbocycles. The maximum atomic E-state index is 11.7. The Hall–Kier alpha value is -0.280. The molecule has 2 rings (SSSR count). The highest BCUT2D eigenvalue weighted by Gasteiger charge is 2.19. The quantitative estimate of drug-likeness (QED) is 0.813. The molecule has 3 nitrogen and oxygen atoms in total. The van der Waals surface area contributed by atoms with E-state index in [1.165, 1.54) is 25.7 Å². The first kappa shape index (κ1) is 14.8. The fourth-order valence-electron chi connectivity index (χ4n) is 2.89. The van der Waals surface area contributed by atoms with Crippen LogP contribution in [0.2, 0.25) is 0 Å². The third-order valence-electron chi connectivity index (χ3n) is 4.00. The molecular formula is C13H25ClN2O.